The Morgan fingerprint density at radius 2 is 0.742 bits per heavy atom. The van der Waals surface area contributed by atoms with Gasteiger partial charge in [-0.2, -0.15) is 0 Å². The van der Waals surface area contributed by atoms with Gasteiger partial charge in [-0.3, -0.25) is 0 Å². The smallest absolute Gasteiger partial charge is 0.159 e. The van der Waals surface area contributed by atoms with E-state index in [1.165, 1.54) is 77.9 Å². The second-order valence-corrected chi connectivity index (χ2v) is 18.7. The second-order valence-electron chi connectivity index (χ2n) is 18.7. The van der Waals surface area contributed by atoms with E-state index in [1.807, 2.05) is 0 Å². The molecule has 0 bridgehead atoms. The fourth-order valence-electron chi connectivity index (χ4n) is 12.4. The van der Waals surface area contributed by atoms with Crippen molar-refractivity contribution in [1.29, 1.82) is 0 Å². The van der Waals surface area contributed by atoms with Crippen molar-refractivity contribution >= 4 is 17.1 Å². The normalized spacial score (nSPS) is 14.3. The first-order chi connectivity index (χ1) is 32.5. The predicted molar refractivity (Wildman–Crippen MR) is 271 cm³/mol. The van der Waals surface area contributed by atoms with Crippen molar-refractivity contribution in [3.63, 3.8) is 0 Å². The zero-order valence-corrected chi connectivity index (χ0v) is 36.7. The van der Waals surface area contributed by atoms with Crippen molar-refractivity contribution < 1.29 is 4.74 Å². The van der Waals surface area contributed by atoms with Crippen LogP contribution in [0.4, 0.5) is 17.1 Å². The molecule has 1 heterocycles. The molecular weight excluding hydrogens is 799 g/mol. The summed E-state index contributed by atoms with van der Waals surface area (Å²) in [5, 5.41) is 0. The quantitative estimate of drug-likeness (QED) is 0.176. The van der Waals surface area contributed by atoms with Crippen LogP contribution in [0.2, 0.25) is 0 Å². The Hall–Kier alpha value is -8.20. The number of anilines is 3. The van der Waals surface area contributed by atoms with Gasteiger partial charge in [-0.05, 0) is 114 Å². The number of rotatable bonds is 3. The topological polar surface area (TPSA) is 12.5 Å². The molecule has 0 atom stereocenters. The summed E-state index contributed by atoms with van der Waals surface area (Å²) in [5.41, 5.74) is 24.7. The number of fused-ring (bicyclic) bond motifs is 20. The molecule has 0 unspecified atom stereocenters. The summed E-state index contributed by atoms with van der Waals surface area (Å²) in [4.78, 5) is 2.51. The highest BCUT2D eigenvalue weighted by Crippen LogP contribution is 2.64. The third-order valence-electron chi connectivity index (χ3n) is 15.1. The summed E-state index contributed by atoms with van der Waals surface area (Å²) in [6.45, 7) is 4.74. The maximum absolute atomic E-state index is 7.33. The summed E-state index contributed by atoms with van der Waals surface area (Å²) >= 11 is 0. The van der Waals surface area contributed by atoms with E-state index in [4.69, 9.17) is 4.74 Å². The summed E-state index contributed by atoms with van der Waals surface area (Å²) in [7, 11) is 0. The maximum atomic E-state index is 7.33. The van der Waals surface area contributed by atoms with E-state index >= 15 is 0 Å². The highest BCUT2D eigenvalue weighted by Gasteiger charge is 2.51. The van der Waals surface area contributed by atoms with Gasteiger partial charge in [0, 0.05) is 27.8 Å². The summed E-state index contributed by atoms with van der Waals surface area (Å²) < 4.78 is 7.33. The zero-order valence-electron chi connectivity index (χ0n) is 36.7. The van der Waals surface area contributed by atoms with Crippen molar-refractivity contribution in [1.82, 2.24) is 0 Å². The van der Waals surface area contributed by atoms with Crippen LogP contribution in [0.25, 0.3) is 66.8 Å². The molecule has 0 amide bonds. The Balaban J connectivity index is 1.10. The lowest BCUT2D eigenvalue weighted by atomic mass is 9.66. The first kappa shape index (κ1) is 37.2. The highest BCUT2D eigenvalue weighted by molar-refractivity contribution is 6.04. The molecule has 2 heteroatoms. The van der Waals surface area contributed by atoms with Gasteiger partial charge in [0.15, 0.2) is 5.75 Å². The monoisotopic (exact) mass is 841 g/mol. The summed E-state index contributed by atoms with van der Waals surface area (Å²) in [6, 6.07) is 83.4. The van der Waals surface area contributed by atoms with Gasteiger partial charge in [0.1, 0.15) is 5.75 Å². The van der Waals surface area contributed by atoms with Gasteiger partial charge in [0.25, 0.3) is 0 Å². The second kappa shape index (κ2) is 13.7. The molecule has 4 aliphatic rings. The Bertz CT molecular complexity index is 3620. The molecule has 10 aromatic carbocycles. The van der Waals surface area contributed by atoms with Gasteiger partial charge in [0.05, 0.1) is 16.8 Å². The van der Waals surface area contributed by atoms with Crippen LogP contribution < -0.4 is 9.64 Å². The lowest BCUT2D eigenvalue weighted by Crippen LogP contribution is -2.29. The van der Waals surface area contributed by atoms with Gasteiger partial charge < -0.3 is 9.64 Å². The fraction of sp³-hybridized carbons (Fsp3) is 0.0625. The van der Waals surface area contributed by atoms with Crippen LogP contribution in [-0.4, -0.2) is 0 Å². The minimum Gasteiger partial charge on any atom is -0.454 e. The van der Waals surface area contributed by atoms with Crippen LogP contribution in [0.3, 0.4) is 0 Å². The Morgan fingerprint density at radius 1 is 0.318 bits per heavy atom. The largest absolute Gasteiger partial charge is 0.454 e. The number of hydrogen-bond donors (Lipinski definition) is 0. The SMILES string of the molecule is CC1(C)c2ccccc2-c2ccc(N(c3cccc4c3Oc3ccccc3-c3ccccc3-4)c3cccc4c3-c3ccccc3C43c4ccccc4-c4ccccc4-c4ccccc43)cc21. The zero-order chi connectivity index (χ0) is 43.7. The fourth-order valence-corrected chi connectivity index (χ4v) is 12.4. The third kappa shape index (κ3) is 4.85. The minimum absolute atomic E-state index is 0.201. The van der Waals surface area contributed by atoms with E-state index < -0.39 is 5.41 Å². The van der Waals surface area contributed by atoms with Crippen molar-refractivity contribution in [3.8, 4) is 78.3 Å². The Morgan fingerprint density at radius 3 is 1.39 bits per heavy atom. The van der Waals surface area contributed by atoms with Gasteiger partial charge >= 0.3 is 0 Å². The van der Waals surface area contributed by atoms with E-state index in [-0.39, 0.29) is 5.41 Å². The number of nitrogens with zero attached hydrogens (tertiary/aromatic N) is 1. The van der Waals surface area contributed by atoms with Crippen LogP contribution in [0.5, 0.6) is 11.5 Å². The van der Waals surface area contributed by atoms with Crippen LogP contribution in [0, 0.1) is 0 Å². The molecule has 10 aromatic rings. The molecule has 0 aromatic heterocycles. The van der Waals surface area contributed by atoms with E-state index in [1.54, 1.807) is 0 Å². The van der Waals surface area contributed by atoms with Crippen molar-refractivity contribution in [2.45, 2.75) is 24.7 Å². The number of ether oxygens (including phenoxy) is 1. The molecule has 1 spiro atoms. The molecule has 0 saturated carbocycles. The molecular formula is C64H43NO. The molecule has 14 rings (SSSR count). The van der Waals surface area contributed by atoms with Crippen LogP contribution in [0.15, 0.2) is 224 Å². The van der Waals surface area contributed by atoms with Gasteiger partial charge in [-0.15, -0.1) is 0 Å². The van der Waals surface area contributed by atoms with Crippen LogP contribution >= 0.6 is 0 Å². The highest BCUT2D eigenvalue weighted by atomic mass is 16.5. The van der Waals surface area contributed by atoms with Gasteiger partial charge in [-0.1, -0.05) is 208 Å². The van der Waals surface area contributed by atoms with Crippen LogP contribution in [-0.2, 0) is 10.8 Å². The average molecular weight is 842 g/mol. The number of hydrogen-bond acceptors (Lipinski definition) is 2. The molecule has 0 radical (unpaired) electrons. The van der Waals surface area contributed by atoms with E-state index in [9.17, 15) is 0 Å². The van der Waals surface area contributed by atoms with E-state index in [0.29, 0.717) is 0 Å². The standard InChI is InChI=1S/C64H43NO/c1-63(2)52-29-12-7-25-47(52)48-38-37-40(39-57(48)63)65(59-35-17-28-50-44-22-6-5-21-43(44)49-26-11-16-36-60(49)66-62(50)59)58-34-18-33-56-61(58)51-27-10-15-32-55(51)64(56)53-30-13-8-23-45(53)41-19-3-4-20-42(41)46-24-9-14-31-54(46)64/h3-39H,1-2H3. The Labute approximate surface area is 385 Å². The predicted octanol–water partition coefficient (Wildman–Crippen LogP) is 16.9. The maximum Gasteiger partial charge on any atom is 0.159 e. The molecule has 66 heavy (non-hydrogen) atoms. The molecule has 0 fully saturated rings. The molecule has 0 saturated heterocycles. The van der Waals surface area contributed by atoms with E-state index in [0.717, 1.165) is 50.8 Å². The molecule has 0 N–H and O–H groups in total. The van der Waals surface area contributed by atoms with Crippen molar-refractivity contribution in [2.75, 3.05) is 4.90 Å². The third-order valence-corrected chi connectivity index (χ3v) is 15.1. The van der Waals surface area contributed by atoms with Crippen LogP contribution in [0.1, 0.15) is 47.2 Å². The molecule has 1 aliphatic heterocycles. The van der Waals surface area contributed by atoms with Gasteiger partial charge in [0.2, 0.25) is 0 Å². The van der Waals surface area contributed by atoms with E-state index in [2.05, 4.69) is 243 Å². The first-order valence-corrected chi connectivity index (χ1v) is 23.1. The average Bonchev–Trinajstić information content (AvgIpc) is 3.68. The lowest BCUT2D eigenvalue weighted by Gasteiger charge is -2.36. The molecule has 310 valence electrons. The number of para-hydroxylation sites is 2. The Kier molecular flexibility index (Phi) is 7.70. The molecule has 3 aliphatic carbocycles. The molecule has 2 nitrogen and oxygen atoms in total. The van der Waals surface area contributed by atoms with Crippen molar-refractivity contribution in [3.05, 3.63) is 258 Å². The minimum atomic E-state index is -0.622. The van der Waals surface area contributed by atoms with Crippen molar-refractivity contribution in [2.24, 2.45) is 0 Å². The summed E-state index contributed by atoms with van der Waals surface area (Å²) in [5.74, 6) is 1.67. The summed E-state index contributed by atoms with van der Waals surface area (Å²) in [6.07, 6.45) is 0. The lowest BCUT2D eigenvalue weighted by molar-refractivity contribution is 0.489. The van der Waals surface area contributed by atoms with Gasteiger partial charge in [-0.25, -0.2) is 0 Å². The first-order valence-electron chi connectivity index (χ1n) is 23.1. The number of benzene rings is 10.